The van der Waals surface area contributed by atoms with E-state index >= 15 is 0 Å². The molecule has 0 amide bonds. The third-order valence-electron chi connectivity index (χ3n) is 2.63. The van der Waals surface area contributed by atoms with Gasteiger partial charge in [0.2, 0.25) is 12.2 Å². The summed E-state index contributed by atoms with van der Waals surface area (Å²) < 4.78 is 0. The lowest BCUT2D eigenvalue weighted by Gasteiger charge is -2.05. The van der Waals surface area contributed by atoms with Gasteiger partial charge in [-0.2, -0.15) is 9.98 Å². The molecule has 5 heteroatoms. The molecule has 2 aromatic carbocycles. The van der Waals surface area contributed by atoms with E-state index in [9.17, 15) is 14.4 Å². The highest BCUT2D eigenvalue weighted by molar-refractivity contribution is 6.14. The highest BCUT2D eigenvalue weighted by Gasteiger charge is 2.16. The number of nitrogens with zero attached hydrogens (tertiary/aromatic N) is 2. The minimum atomic E-state index is -0.380. The van der Waals surface area contributed by atoms with E-state index in [2.05, 4.69) is 9.98 Å². The van der Waals surface area contributed by atoms with Gasteiger partial charge in [-0.1, -0.05) is 24.3 Å². The summed E-state index contributed by atoms with van der Waals surface area (Å²) in [4.78, 5) is 40.2. The van der Waals surface area contributed by atoms with Crippen molar-refractivity contribution >= 4 is 29.3 Å². The van der Waals surface area contributed by atoms with E-state index in [1.54, 1.807) is 36.4 Å². The topological polar surface area (TPSA) is 75.9 Å². The number of aliphatic imine (C=N–C) groups is 2. The number of rotatable bonds is 4. The monoisotopic (exact) mass is 264 g/mol. The Morgan fingerprint density at radius 2 is 1.15 bits per heavy atom. The summed E-state index contributed by atoms with van der Waals surface area (Å²) in [5.74, 6) is -0.380. The van der Waals surface area contributed by atoms with Crippen molar-refractivity contribution in [2.45, 2.75) is 0 Å². The molecule has 0 saturated heterocycles. The number of benzene rings is 2. The molecule has 5 nitrogen and oxygen atoms in total. The fourth-order valence-electron chi connectivity index (χ4n) is 1.77. The lowest BCUT2D eigenvalue weighted by molar-refractivity contribution is 0.104. The summed E-state index contributed by atoms with van der Waals surface area (Å²) in [6.07, 6.45) is 2.81. The van der Waals surface area contributed by atoms with Crippen LogP contribution in [0.25, 0.3) is 0 Å². The number of isocyanates is 2. The maximum Gasteiger partial charge on any atom is 0.240 e. The van der Waals surface area contributed by atoms with Crippen LogP contribution in [0, 0.1) is 0 Å². The zero-order chi connectivity index (χ0) is 14.4. The van der Waals surface area contributed by atoms with Crippen LogP contribution in [0.1, 0.15) is 15.9 Å². The molecule has 0 atom stereocenters. The molecule has 0 saturated carbocycles. The second kappa shape index (κ2) is 6.16. The lowest BCUT2D eigenvalue weighted by Crippen LogP contribution is -2.01. The van der Waals surface area contributed by atoms with Crippen molar-refractivity contribution in [3.8, 4) is 0 Å². The predicted octanol–water partition coefficient (Wildman–Crippen LogP) is 2.85. The maximum atomic E-state index is 12.5. The first kappa shape index (κ1) is 13.3. The van der Waals surface area contributed by atoms with Gasteiger partial charge in [0.1, 0.15) is 0 Å². The van der Waals surface area contributed by atoms with Crippen LogP contribution >= 0.6 is 0 Å². The molecule has 0 unspecified atom stereocenters. The third-order valence-corrected chi connectivity index (χ3v) is 2.63. The van der Waals surface area contributed by atoms with E-state index in [4.69, 9.17) is 0 Å². The van der Waals surface area contributed by atoms with E-state index in [0.29, 0.717) is 0 Å². The van der Waals surface area contributed by atoms with Gasteiger partial charge in [-0.3, -0.25) is 4.79 Å². The molecule has 96 valence electrons. The van der Waals surface area contributed by atoms with Crippen LogP contribution in [0.15, 0.2) is 58.5 Å². The Morgan fingerprint density at radius 3 is 1.55 bits per heavy atom. The summed E-state index contributed by atoms with van der Waals surface area (Å²) in [6.45, 7) is 0. The number of hydrogen-bond donors (Lipinski definition) is 0. The van der Waals surface area contributed by atoms with Crippen LogP contribution in [0.4, 0.5) is 11.4 Å². The van der Waals surface area contributed by atoms with E-state index in [1.807, 2.05) is 0 Å². The van der Waals surface area contributed by atoms with E-state index in [1.165, 1.54) is 24.3 Å². The Hall–Kier alpha value is -3.13. The molecule has 0 aliphatic heterocycles. The van der Waals surface area contributed by atoms with Crippen LogP contribution in [0.2, 0.25) is 0 Å². The van der Waals surface area contributed by atoms with E-state index in [-0.39, 0.29) is 28.3 Å². The van der Waals surface area contributed by atoms with Crippen LogP contribution < -0.4 is 0 Å². The molecule has 0 heterocycles. The highest BCUT2D eigenvalue weighted by atomic mass is 16.1. The van der Waals surface area contributed by atoms with Gasteiger partial charge in [0.15, 0.2) is 5.78 Å². The van der Waals surface area contributed by atoms with Crippen molar-refractivity contribution < 1.29 is 14.4 Å². The summed E-state index contributed by atoms with van der Waals surface area (Å²) >= 11 is 0. The van der Waals surface area contributed by atoms with Crippen LogP contribution in [0.5, 0.6) is 0 Å². The Kier molecular flexibility index (Phi) is 4.10. The molecule has 2 rings (SSSR count). The molecular formula is C15H8N2O3. The van der Waals surface area contributed by atoms with Gasteiger partial charge < -0.3 is 0 Å². The zero-order valence-electron chi connectivity index (χ0n) is 10.2. The zero-order valence-corrected chi connectivity index (χ0v) is 10.2. The van der Waals surface area contributed by atoms with Crippen molar-refractivity contribution in [1.82, 2.24) is 0 Å². The maximum absolute atomic E-state index is 12.5. The average Bonchev–Trinajstić information content (AvgIpc) is 2.48. The molecule has 0 radical (unpaired) electrons. The molecule has 2 aromatic rings. The minimum Gasteiger partial charge on any atom is -0.288 e. The molecule has 0 spiro atoms. The number of ketones is 1. The normalized spacial score (nSPS) is 9.20. The van der Waals surface area contributed by atoms with Crippen molar-refractivity contribution in [3.05, 3.63) is 59.7 Å². The molecule has 0 aliphatic rings. The molecule has 0 aliphatic carbocycles. The van der Waals surface area contributed by atoms with Gasteiger partial charge in [0, 0.05) is 11.1 Å². The van der Waals surface area contributed by atoms with Gasteiger partial charge in [-0.25, -0.2) is 9.59 Å². The van der Waals surface area contributed by atoms with Gasteiger partial charge >= 0.3 is 0 Å². The molecule has 0 aromatic heterocycles. The van der Waals surface area contributed by atoms with Crippen LogP contribution in [-0.4, -0.2) is 17.9 Å². The quantitative estimate of drug-likeness (QED) is 0.484. The second-order valence-corrected chi connectivity index (χ2v) is 3.77. The summed E-state index contributed by atoms with van der Waals surface area (Å²) in [5.41, 5.74) is 0.920. The SMILES string of the molecule is O=C=Nc1ccccc1C(=O)c1ccccc1N=C=O. The Balaban J connectivity index is 2.58. The van der Waals surface area contributed by atoms with Gasteiger partial charge in [-0.05, 0) is 24.3 Å². The summed E-state index contributed by atoms with van der Waals surface area (Å²) in [5, 5.41) is 0. The van der Waals surface area contributed by atoms with E-state index < -0.39 is 0 Å². The first-order chi connectivity index (χ1) is 9.77. The fourth-order valence-corrected chi connectivity index (χ4v) is 1.77. The Morgan fingerprint density at radius 1 is 0.750 bits per heavy atom. The molecule has 0 bridgehead atoms. The molecule has 0 N–H and O–H groups in total. The van der Waals surface area contributed by atoms with Gasteiger partial charge in [-0.15, -0.1) is 0 Å². The van der Waals surface area contributed by atoms with Crippen LogP contribution in [-0.2, 0) is 9.59 Å². The lowest BCUT2D eigenvalue weighted by atomic mass is 10.0. The fraction of sp³-hybridized carbons (Fsp3) is 0. The average molecular weight is 264 g/mol. The minimum absolute atomic E-state index is 0.220. The number of para-hydroxylation sites is 2. The first-order valence-corrected chi connectivity index (χ1v) is 5.66. The van der Waals surface area contributed by atoms with Crippen molar-refractivity contribution in [1.29, 1.82) is 0 Å². The standard InChI is InChI=1S/C15H8N2O3/c18-9-16-13-7-3-1-5-11(13)15(20)12-6-2-4-8-14(12)17-10-19/h1-8H. The smallest absolute Gasteiger partial charge is 0.240 e. The van der Waals surface area contributed by atoms with Crippen LogP contribution in [0.3, 0.4) is 0 Å². The number of carbonyl (C=O) groups excluding carboxylic acids is 3. The highest BCUT2D eigenvalue weighted by Crippen LogP contribution is 2.26. The molecular weight excluding hydrogens is 256 g/mol. The van der Waals surface area contributed by atoms with Crippen molar-refractivity contribution in [2.75, 3.05) is 0 Å². The molecule has 20 heavy (non-hydrogen) atoms. The predicted molar refractivity (Wildman–Crippen MR) is 71.9 cm³/mol. The Labute approximate surface area is 114 Å². The Bertz CT molecular complexity index is 692. The first-order valence-electron chi connectivity index (χ1n) is 5.66. The van der Waals surface area contributed by atoms with Crippen molar-refractivity contribution in [2.24, 2.45) is 9.98 Å². The molecule has 0 fully saturated rings. The largest absolute Gasteiger partial charge is 0.288 e. The summed E-state index contributed by atoms with van der Waals surface area (Å²) in [7, 11) is 0. The number of carbonyl (C=O) groups is 1. The van der Waals surface area contributed by atoms with Crippen molar-refractivity contribution in [3.63, 3.8) is 0 Å². The van der Waals surface area contributed by atoms with Gasteiger partial charge in [0.25, 0.3) is 0 Å². The second-order valence-electron chi connectivity index (χ2n) is 3.77. The summed E-state index contributed by atoms with van der Waals surface area (Å²) in [6, 6.07) is 12.8. The van der Waals surface area contributed by atoms with Gasteiger partial charge in [0.05, 0.1) is 11.4 Å². The van der Waals surface area contributed by atoms with E-state index in [0.717, 1.165) is 0 Å². The number of hydrogen-bond acceptors (Lipinski definition) is 5. The third kappa shape index (κ3) is 2.65.